The topological polar surface area (TPSA) is 58.6 Å². The van der Waals surface area contributed by atoms with Crippen molar-refractivity contribution in [1.29, 1.82) is 0 Å². The van der Waals surface area contributed by atoms with Crippen molar-refractivity contribution in [2.45, 2.75) is 18.9 Å². The van der Waals surface area contributed by atoms with Gasteiger partial charge in [-0.15, -0.1) is 0 Å². The highest BCUT2D eigenvalue weighted by Gasteiger charge is 2.24. The molecular weight excluding hydrogens is 292 g/mol. The minimum Gasteiger partial charge on any atom is -0.375 e. The van der Waals surface area contributed by atoms with Crippen LogP contribution in [0.1, 0.15) is 23.2 Å². The largest absolute Gasteiger partial charge is 0.375 e. The van der Waals surface area contributed by atoms with Gasteiger partial charge in [-0.25, -0.2) is 0 Å². The first kappa shape index (κ1) is 15.8. The summed E-state index contributed by atoms with van der Waals surface area (Å²) in [5, 5.41) is 3.52. The van der Waals surface area contributed by atoms with E-state index in [0.717, 1.165) is 12.8 Å². The molecule has 0 bridgehead atoms. The molecule has 1 heterocycles. The Hall–Kier alpha value is -1.59. The predicted octanol–water partition coefficient (Wildman–Crippen LogP) is 1.71. The first-order valence-corrected chi connectivity index (χ1v) is 7.31. The molecule has 0 aromatic heterocycles. The number of nitrogens with zero attached hydrogens (tertiary/aromatic N) is 1. The fourth-order valence-corrected chi connectivity index (χ4v) is 2.53. The minimum absolute atomic E-state index is 0.00772. The first-order chi connectivity index (χ1) is 10.1. The number of rotatable bonds is 4. The standard InChI is InChI=1S/C15H19ClN2O3/c1-21-10-14(19)17-13-6-8-18(9-7-13)15(20)11-2-4-12(16)5-3-11/h2-5,13H,6-10H2,1H3,(H,17,19). The molecule has 1 aliphatic heterocycles. The Morgan fingerprint density at radius 3 is 2.48 bits per heavy atom. The lowest BCUT2D eigenvalue weighted by molar-refractivity contribution is -0.125. The van der Waals surface area contributed by atoms with Gasteiger partial charge in [-0.1, -0.05) is 11.6 Å². The van der Waals surface area contributed by atoms with Crippen LogP contribution in [0.15, 0.2) is 24.3 Å². The van der Waals surface area contributed by atoms with Gasteiger partial charge in [0.25, 0.3) is 5.91 Å². The predicted molar refractivity (Wildman–Crippen MR) is 80.4 cm³/mol. The molecule has 0 spiro atoms. The number of carbonyl (C=O) groups is 2. The van der Waals surface area contributed by atoms with E-state index < -0.39 is 0 Å². The van der Waals surface area contributed by atoms with Crippen LogP contribution in [0, 0.1) is 0 Å². The van der Waals surface area contributed by atoms with E-state index in [0.29, 0.717) is 23.7 Å². The SMILES string of the molecule is COCC(=O)NC1CCN(C(=O)c2ccc(Cl)cc2)CC1. The summed E-state index contributed by atoms with van der Waals surface area (Å²) in [6, 6.07) is 7.01. The maximum absolute atomic E-state index is 12.3. The summed E-state index contributed by atoms with van der Waals surface area (Å²) in [5.41, 5.74) is 0.640. The molecule has 0 atom stereocenters. The van der Waals surface area contributed by atoms with E-state index in [2.05, 4.69) is 5.32 Å². The summed E-state index contributed by atoms with van der Waals surface area (Å²) in [7, 11) is 1.49. The number of hydrogen-bond donors (Lipinski definition) is 1. The summed E-state index contributed by atoms with van der Waals surface area (Å²) >= 11 is 5.82. The van der Waals surface area contributed by atoms with Crippen LogP contribution in [0.2, 0.25) is 5.02 Å². The zero-order valence-electron chi connectivity index (χ0n) is 12.0. The van der Waals surface area contributed by atoms with Gasteiger partial charge < -0.3 is 15.0 Å². The molecule has 2 amide bonds. The highest BCUT2D eigenvalue weighted by Crippen LogP contribution is 2.16. The highest BCUT2D eigenvalue weighted by atomic mass is 35.5. The molecule has 6 heteroatoms. The molecule has 21 heavy (non-hydrogen) atoms. The lowest BCUT2D eigenvalue weighted by Crippen LogP contribution is -2.47. The number of halogens is 1. The fraction of sp³-hybridized carbons (Fsp3) is 0.467. The summed E-state index contributed by atoms with van der Waals surface area (Å²) in [4.78, 5) is 25.6. The van der Waals surface area contributed by atoms with Crippen LogP contribution in [0.25, 0.3) is 0 Å². The average molecular weight is 311 g/mol. The van der Waals surface area contributed by atoms with Crippen LogP contribution in [-0.2, 0) is 9.53 Å². The number of methoxy groups -OCH3 is 1. The van der Waals surface area contributed by atoms with Crippen molar-refractivity contribution in [2.24, 2.45) is 0 Å². The molecule has 1 aromatic rings. The van der Waals surface area contributed by atoms with Gasteiger partial charge in [0.15, 0.2) is 0 Å². The Morgan fingerprint density at radius 2 is 1.90 bits per heavy atom. The number of ether oxygens (including phenoxy) is 1. The van der Waals surface area contributed by atoms with E-state index in [4.69, 9.17) is 16.3 Å². The van der Waals surface area contributed by atoms with Crippen molar-refractivity contribution in [3.05, 3.63) is 34.9 Å². The maximum atomic E-state index is 12.3. The number of piperidine rings is 1. The molecule has 1 saturated heterocycles. The molecule has 0 unspecified atom stereocenters. The molecule has 2 rings (SSSR count). The number of amides is 2. The quantitative estimate of drug-likeness (QED) is 0.921. The summed E-state index contributed by atoms with van der Waals surface area (Å²) < 4.78 is 4.78. The molecule has 5 nitrogen and oxygen atoms in total. The Labute approximate surface area is 129 Å². The second-order valence-corrected chi connectivity index (χ2v) is 5.51. The zero-order chi connectivity index (χ0) is 15.2. The summed E-state index contributed by atoms with van der Waals surface area (Å²) in [6.45, 7) is 1.35. The van der Waals surface area contributed by atoms with Crippen molar-refractivity contribution in [1.82, 2.24) is 10.2 Å². The van der Waals surface area contributed by atoms with E-state index >= 15 is 0 Å². The van der Waals surface area contributed by atoms with Gasteiger partial charge in [-0.05, 0) is 37.1 Å². The van der Waals surface area contributed by atoms with Crippen molar-refractivity contribution in [2.75, 3.05) is 26.8 Å². The van der Waals surface area contributed by atoms with Crippen LogP contribution in [0.3, 0.4) is 0 Å². The number of hydrogen-bond acceptors (Lipinski definition) is 3. The molecule has 0 aliphatic carbocycles. The Bertz CT molecular complexity index is 496. The van der Waals surface area contributed by atoms with Gasteiger partial charge in [0.2, 0.25) is 5.91 Å². The fourth-order valence-electron chi connectivity index (χ4n) is 2.40. The molecule has 114 valence electrons. The normalized spacial score (nSPS) is 15.8. The average Bonchev–Trinajstić information content (AvgIpc) is 2.48. The molecule has 0 radical (unpaired) electrons. The van der Waals surface area contributed by atoms with Gasteiger partial charge in [-0.3, -0.25) is 9.59 Å². The molecular formula is C15H19ClN2O3. The van der Waals surface area contributed by atoms with E-state index in [-0.39, 0.29) is 24.5 Å². The smallest absolute Gasteiger partial charge is 0.253 e. The summed E-state index contributed by atoms with van der Waals surface area (Å²) in [6.07, 6.45) is 1.52. The van der Waals surface area contributed by atoms with Crippen molar-refractivity contribution in [3.8, 4) is 0 Å². The number of likely N-dealkylation sites (tertiary alicyclic amines) is 1. The van der Waals surface area contributed by atoms with Gasteiger partial charge in [0.1, 0.15) is 6.61 Å². The Kier molecular flexibility index (Phi) is 5.59. The van der Waals surface area contributed by atoms with Crippen LogP contribution >= 0.6 is 11.6 Å². The van der Waals surface area contributed by atoms with Crippen molar-refractivity contribution in [3.63, 3.8) is 0 Å². The molecule has 1 fully saturated rings. The third kappa shape index (κ3) is 4.44. The van der Waals surface area contributed by atoms with E-state index in [1.807, 2.05) is 4.90 Å². The van der Waals surface area contributed by atoms with Crippen LogP contribution in [0.4, 0.5) is 0 Å². The summed E-state index contributed by atoms with van der Waals surface area (Å²) in [5.74, 6) is -0.103. The number of carbonyl (C=O) groups excluding carboxylic acids is 2. The van der Waals surface area contributed by atoms with E-state index in [1.165, 1.54) is 7.11 Å². The Morgan fingerprint density at radius 1 is 1.29 bits per heavy atom. The molecule has 1 aliphatic rings. The monoisotopic (exact) mass is 310 g/mol. The lowest BCUT2D eigenvalue weighted by atomic mass is 10.0. The third-order valence-corrected chi connectivity index (χ3v) is 3.77. The van der Waals surface area contributed by atoms with Gasteiger partial charge in [0, 0.05) is 36.8 Å². The Balaban J connectivity index is 1.84. The molecule has 0 saturated carbocycles. The molecule has 1 N–H and O–H groups in total. The van der Waals surface area contributed by atoms with Gasteiger partial charge in [-0.2, -0.15) is 0 Å². The lowest BCUT2D eigenvalue weighted by Gasteiger charge is -2.32. The van der Waals surface area contributed by atoms with Crippen molar-refractivity contribution < 1.29 is 14.3 Å². The van der Waals surface area contributed by atoms with Crippen LogP contribution in [0.5, 0.6) is 0 Å². The second-order valence-electron chi connectivity index (χ2n) is 5.07. The third-order valence-electron chi connectivity index (χ3n) is 3.51. The highest BCUT2D eigenvalue weighted by molar-refractivity contribution is 6.30. The van der Waals surface area contributed by atoms with Gasteiger partial charge in [0.05, 0.1) is 0 Å². The molecule has 1 aromatic carbocycles. The first-order valence-electron chi connectivity index (χ1n) is 6.93. The van der Waals surface area contributed by atoms with Crippen LogP contribution < -0.4 is 5.32 Å². The number of nitrogens with one attached hydrogen (secondary N) is 1. The van der Waals surface area contributed by atoms with E-state index in [9.17, 15) is 9.59 Å². The maximum Gasteiger partial charge on any atom is 0.253 e. The second kappa shape index (κ2) is 7.43. The van der Waals surface area contributed by atoms with Crippen LogP contribution in [-0.4, -0.2) is 49.6 Å². The van der Waals surface area contributed by atoms with E-state index in [1.54, 1.807) is 24.3 Å². The minimum atomic E-state index is -0.111. The number of benzene rings is 1. The zero-order valence-corrected chi connectivity index (χ0v) is 12.7. The van der Waals surface area contributed by atoms with Crippen molar-refractivity contribution >= 4 is 23.4 Å². The van der Waals surface area contributed by atoms with Gasteiger partial charge >= 0.3 is 0 Å².